The molecule has 0 aromatic heterocycles. The van der Waals surface area contributed by atoms with Crippen LogP contribution in [0.4, 0.5) is 0 Å². The number of likely N-dealkylation sites (N-methyl/N-ethyl adjacent to an activating group) is 1. The van der Waals surface area contributed by atoms with Crippen molar-refractivity contribution in [3.8, 4) is 0 Å². The second kappa shape index (κ2) is 5.45. The molecular formula is C14H28N2O2. The van der Waals surface area contributed by atoms with Crippen LogP contribution in [-0.2, 0) is 4.74 Å². The van der Waals surface area contributed by atoms with Crippen molar-refractivity contribution >= 4 is 0 Å². The van der Waals surface area contributed by atoms with E-state index in [0.29, 0.717) is 19.3 Å². The maximum atomic E-state index is 10.6. The van der Waals surface area contributed by atoms with E-state index in [2.05, 4.69) is 31.1 Å². The quantitative estimate of drug-likeness (QED) is 0.786. The van der Waals surface area contributed by atoms with E-state index in [-0.39, 0.29) is 5.41 Å². The molecule has 2 fully saturated rings. The predicted molar refractivity (Wildman–Crippen MR) is 72.7 cm³/mol. The molecule has 0 amide bonds. The Balaban J connectivity index is 1.95. The molecule has 2 rings (SSSR count). The smallest absolute Gasteiger partial charge is 0.0817 e. The summed E-state index contributed by atoms with van der Waals surface area (Å²) in [6.45, 7) is 8.93. The van der Waals surface area contributed by atoms with Gasteiger partial charge in [-0.15, -0.1) is 0 Å². The van der Waals surface area contributed by atoms with Gasteiger partial charge in [0, 0.05) is 45.2 Å². The monoisotopic (exact) mass is 256 g/mol. The van der Waals surface area contributed by atoms with Gasteiger partial charge in [0.2, 0.25) is 0 Å². The number of nitrogens with zero attached hydrogens (tertiary/aromatic N) is 1. The van der Waals surface area contributed by atoms with Crippen LogP contribution >= 0.6 is 0 Å². The van der Waals surface area contributed by atoms with Gasteiger partial charge in [0.25, 0.3) is 0 Å². The summed E-state index contributed by atoms with van der Waals surface area (Å²) >= 11 is 0. The van der Waals surface area contributed by atoms with Crippen LogP contribution in [0.15, 0.2) is 0 Å². The van der Waals surface area contributed by atoms with Crippen molar-refractivity contribution in [1.29, 1.82) is 0 Å². The number of ether oxygens (including phenoxy) is 1. The Kier molecular flexibility index (Phi) is 4.32. The average molecular weight is 256 g/mol. The highest BCUT2D eigenvalue weighted by Gasteiger charge is 2.39. The Morgan fingerprint density at radius 3 is 2.61 bits per heavy atom. The van der Waals surface area contributed by atoms with E-state index >= 15 is 0 Å². The number of rotatable bonds is 3. The maximum absolute atomic E-state index is 10.6. The Hall–Kier alpha value is -0.160. The highest BCUT2D eigenvalue weighted by molar-refractivity contribution is 4.94. The van der Waals surface area contributed by atoms with Gasteiger partial charge in [0.15, 0.2) is 0 Å². The minimum absolute atomic E-state index is 0.272. The molecule has 4 heteroatoms. The number of piperidine rings is 1. The van der Waals surface area contributed by atoms with Crippen molar-refractivity contribution in [2.45, 2.75) is 44.8 Å². The molecule has 2 aliphatic heterocycles. The van der Waals surface area contributed by atoms with Crippen LogP contribution in [0.2, 0.25) is 0 Å². The first-order valence-electron chi connectivity index (χ1n) is 7.14. The topological polar surface area (TPSA) is 44.7 Å². The van der Waals surface area contributed by atoms with Crippen molar-refractivity contribution in [3.05, 3.63) is 0 Å². The summed E-state index contributed by atoms with van der Waals surface area (Å²) in [6.07, 6.45) is 2.70. The first-order chi connectivity index (χ1) is 8.43. The molecule has 4 nitrogen and oxygen atoms in total. The third-order valence-corrected chi connectivity index (χ3v) is 4.58. The normalized spacial score (nSPS) is 31.5. The first kappa shape index (κ1) is 14.3. The van der Waals surface area contributed by atoms with E-state index in [9.17, 15) is 5.11 Å². The molecule has 0 aromatic rings. The zero-order valence-electron chi connectivity index (χ0n) is 12.0. The van der Waals surface area contributed by atoms with Crippen LogP contribution in [0.1, 0.15) is 33.1 Å². The zero-order chi connectivity index (χ0) is 13.2. The summed E-state index contributed by atoms with van der Waals surface area (Å²) in [5.74, 6) is 0. The number of hydrogen-bond acceptors (Lipinski definition) is 4. The molecule has 0 bridgehead atoms. The molecule has 0 spiro atoms. The molecule has 1 atom stereocenters. The molecule has 2 saturated heterocycles. The van der Waals surface area contributed by atoms with Gasteiger partial charge in [-0.2, -0.15) is 0 Å². The van der Waals surface area contributed by atoms with Gasteiger partial charge in [0.1, 0.15) is 0 Å². The van der Waals surface area contributed by atoms with E-state index < -0.39 is 5.60 Å². The fourth-order valence-corrected chi connectivity index (χ4v) is 3.46. The SMILES string of the molecule is CN(CC1(O)CCOCC1)C1CCNCC1(C)C. The molecule has 106 valence electrons. The molecule has 2 aliphatic rings. The van der Waals surface area contributed by atoms with Gasteiger partial charge < -0.3 is 15.2 Å². The molecule has 0 saturated carbocycles. The molecule has 0 radical (unpaired) electrons. The lowest BCUT2D eigenvalue weighted by molar-refractivity contribution is -0.0894. The largest absolute Gasteiger partial charge is 0.388 e. The Bertz CT molecular complexity index is 275. The summed E-state index contributed by atoms with van der Waals surface area (Å²) < 4.78 is 5.34. The van der Waals surface area contributed by atoms with Crippen molar-refractivity contribution in [1.82, 2.24) is 10.2 Å². The molecule has 0 aromatic carbocycles. The summed E-state index contributed by atoms with van der Waals surface area (Å²) in [7, 11) is 2.16. The summed E-state index contributed by atoms with van der Waals surface area (Å²) in [6, 6.07) is 0.547. The van der Waals surface area contributed by atoms with Crippen molar-refractivity contribution in [2.24, 2.45) is 5.41 Å². The molecule has 0 aliphatic carbocycles. The molecule has 18 heavy (non-hydrogen) atoms. The summed E-state index contributed by atoms with van der Waals surface area (Å²) in [5.41, 5.74) is -0.275. The van der Waals surface area contributed by atoms with Crippen molar-refractivity contribution in [2.75, 3.05) is 39.9 Å². The highest BCUT2D eigenvalue weighted by Crippen LogP contribution is 2.31. The highest BCUT2D eigenvalue weighted by atomic mass is 16.5. The van der Waals surface area contributed by atoms with Crippen LogP contribution < -0.4 is 5.32 Å². The third kappa shape index (κ3) is 3.23. The molecule has 2 N–H and O–H groups in total. The van der Waals surface area contributed by atoms with Crippen LogP contribution in [0, 0.1) is 5.41 Å². The van der Waals surface area contributed by atoms with Gasteiger partial charge >= 0.3 is 0 Å². The minimum Gasteiger partial charge on any atom is -0.388 e. The maximum Gasteiger partial charge on any atom is 0.0817 e. The Morgan fingerprint density at radius 2 is 2.00 bits per heavy atom. The van der Waals surface area contributed by atoms with Gasteiger partial charge in [0.05, 0.1) is 5.60 Å². The molecular weight excluding hydrogens is 228 g/mol. The molecule has 2 heterocycles. The lowest BCUT2D eigenvalue weighted by Crippen LogP contribution is -2.57. The second-order valence-electron chi connectivity index (χ2n) is 6.72. The fraction of sp³-hybridized carbons (Fsp3) is 1.00. The van der Waals surface area contributed by atoms with Crippen LogP contribution in [0.3, 0.4) is 0 Å². The van der Waals surface area contributed by atoms with Gasteiger partial charge in [-0.1, -0.05) is 13.8 Å². The standard InChI is InChI=1S/C14H28N2O2/c1-13(2)10-15-7-4-12(13)16(3)11-14(17)5-8-18-9-6-14/h12,15,17H,4-11H2,1-3H3. The van der Waals surface area contributed by atoms with Crippen LogP contribution in [0.5, 0.6) is 0 Å². The lowest BCUT2D eigenvalue weighted by Gasteiger charge is -2.47. The zero-order valence-corrected chi connectivity index (χ0v) is 12.0. The Labute approximate surface area is 111 Å². The van der Waals surface area contributed by atoms with E-state index in [1.807, 2.05) is 0 Å². The second-order valence-corrected chi connectivity index (χ2v) is 6.72. The number of aliphatic hydroxyl groups is 1. The van der Waals surface area contributed by atoms with E-state index in [0.717, 1.165) is 38.9 Å². The van der Waals surface area contributed by atoms with Crippen molar-refractivity contribution in [3.63, 3.8) is 0 Å². The lowest BCUT2D eigenvalue weighted by atomic mass is 9.78. The first-order valence-corrected chi connectivity index (χ1v) is 7.14. The molecule has 1 unspecified atom stereocenters. The predicted octanol–water partition coefficient (Wildman–Crippen LogP) is 0.848. The van der Waals surface area contributed by atoms with Gasteiger partial charge in [-0.05, 0) is 25.4 Å². The van der Waals surface area contributed by atoms with Gasteiger partial charge in [-0.3, -0.25) is 4.90 Å². The summed E-state index contributed by atoms with van der Waals surface area (Å²) in [4.78, 5) is 2.37. The van der Waals surface area contributed by atoms with E-state index in [4.69, 9.17) is 4.74 Å². The Morgan fingerprint density at radius 1 is 1.33 bits per heavy atom. The van der Waals surface area contributed by atoms with Gasteiger partial charge in [-0.25, -0.2) is 0 Å². The van der Waals surface area contributed by atoms with Crippen molar-refractivity contribution < 1.29 is 9.84 Å². The number of hydrogen-bond donors (Lipinski definition) is 2. The average Bonchev–Trinajstić information content (AvgIpc) is 2.28. The van der Waals surface area contributed by atoms with Crippen LogP contribution in [0.25, 0.3) is 0 Å². The van der Waals surface area contributed by atoms with E-state index in [1.54, 1.807) is 0 Å². The minimum atomic E-state index is -0.548. The number of nitrogens with one attached hydrogen (secondary N) is 1. The third-order valence-electron chi connectivity index (χ3n) is 4.58. The fourth-order valence-electron chi connectivity index (χ4n) is 3.46. The van der Waals surface area contributed by atoms with Crippen LogP contribution in [-0.4, -0.2) is 61.5 Å². The summed E-state index contributed by atoms with van der Waals surface area (Å²) in [5, 5.41) is 14.1. The van der Waals surface area contributed by atoms with E-state index in [1.165, 1.54) is 0 Å².